The van der Waals surface area contributed by atoms with Crippen molar-refractivity contribution >= 4 is 11.8 Å². The fourth-order valence-corrected chi connectivity index (χ4v) is 5.83. The molecule has 3 unspecified atom stereocenters. The lowest BCUT2D eigenvalue weighted by atomic mass is 9.79. The van der Waals surface area contributed by atoms with E-state index >= 15 is 0 Å². The van der Waals surface area contributed by atoms with Crippen LogP contribution in [0.3, 0.4) is 0 Å². The highest BCUT2D eigenvalue weighted by atomic mass is 32.2. The summed E-state index contributed by atoms with van der Waals surface area (Å²) in [5, 5.41) is 4.87. The van der Waals surface area contributed by atoms with Gasteiger partial charge in [0.25, 0.3) is 0 Å². The number of thioether (sulfide) groups is 1. The molecule has 0 radical (unpaired) electrons. The molecule has 2 aliphatic carbocycles. The van der Waals surface area contributed by atoms with Crippen molar-refractivity contribution in [3.05, 3.63) is 0 Å². The van der Waals surface area contributed by atoms with Crippen molar-refractivity contribution in [2.75, 3.05) is 18.8 Å². The summed E-state index contributed by atoms with van der Waals surface area (Å²) in [6, 6.07) is 1.60. The average molecular weight is 297 g/mol. The lowest BCUT2D eigenvalue weighted by Crippen LogP contribution is -2.65. The van der Waals surface area contributed by atoms with Crippen molar-refractivity contribution in [1.29, 1.82) is 0 Å². The molecule has 3 rings (SSSR count). The molecule has 1 heterocycles. The number of nitrogens with zero attached hydrogens (tertiary/aromatic N) is 1. The molecule has 3 atom stereocenters. The van der Waals surface area contributed by atoms with E-state index in [4.69, 9.17) is 0 Å². The third-order valence-corrected chi connectivity index (χ3v) is 7.10. The lowest BCUT2D eigenvalue weighted by molar-refractivity contribution is 0.0328. The Balaban J connectivity index is 1.62. The molecule has 3 aliphatic rings. The summed E-state index contributed by atoms with van der Waals surface area (Å²) in [5.74, 6) is 1.29. The number of nitrogens with one attached hydrogen (secondary N) is 1. The van der Waals surface area contributed by atoms with Crippen molar-refractivity contribution in [2.45, 2.75) is 88.1 Å². The summed E-state index contributed by atoms with van der Waals surface area (Å²) in [6.07, 6.45) is 11.5. The summed E-state index contributed by atoms with van der Waals surface area (Å²) >= 11 is 2.19. The van der Waals surface area contributed by atoms with Gasteiger partial charge in [-0.05, 0) is 44.8 Å². The summed E-state index contributed by atoms with van der Waals surface area (Å²) in [6.45, 7) is 7.27. The van der Waals surface area contributed by atoms with Gasteiger partial charge in [0.15, 0.2) is 0 Å². The van der Waals surface area contributed by atoms with Gasteiger partial charge in [-0.25, -0.2) is 0 Å². The Kier molecular flexibility index (Phi) is 4.99. The van der Waals surface area contributed by atoms with E-state index in [2.05, 4.69) is 35.8 Å². The molecule has 1 aliphatic heterocycles. The average Bonchev–Trinajstić information content (AvgIpc) is 2.92. The maximum Gasteiger partial charge on any atom is 0.0309 e. The van der Waals surface area contributed by atoms with Crippen molar-refractivity contribution in [3.63, 3.8) is 0 Å². The highest BCUT2D eigenvalue weighted by Gasteiger charge is 2.42. The molecule has 0 aromatic rings. The maximum atomic E-state index is 3.93. The molecular weight excluding hydrogens is 264 g/mol. The van der Waals surface area contributed by atoms with Gasteiger partial charge in [-0.3, -0.25) is 4.90 Å². The lowest BCUT2D eigenvalue weighted by Gasteiger charge is -2.51. The first-order valence-electron chi connectivity index (χ1n) is 8.85. The van der Waals surface area contributed by atoms with Crippen LogP contribution in [0.1, 0.15) is 65.2 Å². The van der Waals surface area contributed by atoms with E-state index in [0.29, 0.717) is 5.54 Å². The predicted octanol–water partition coefficient (Wildman–Crippen LogP) is 3.66. The molecule has 3 fully saturated rings. The second-order valence-electron chi connectivity index (χ2n) is 7.29. The Labute approximate surface area is 129 Å². The highest BCUT2D eigenvalue weighted by Crippen LogP contribution is 2.38. The van der Waals surface area contributed by atoms with E-state index < -0.39 is 0 Å². The van der Waals surface area contributed by atoms with E-state index in [0.717, 1.165) is 17.3 Å². The smallest absolute Gasteiger partial charge is 0.0309 e. The van der Waals surface area contributed by atoms with Crippen molar-refractivity contribution < 1.29 is 0 Å². The fourth-order valence-electron chi connectivity index (χ4n) is 4.70. The van der Waals surface area contributed by atoms with Gasteiger partial charge in [-0.2, -0.15) is 11.8 Å². The summed E-state index contributed by atoms with van der Waals surface area (Å²) in [7, 11) is 0. The SMILES string of the molecule is CCSC1CCC(N2CC3(CCCCC3)NCC2C)C1. The van der Waals surface area contributed by atoms with E-state index in [1.165, 1.54) is 70.2 Å². The molecule has 20 heavy (non-hydrogen) atoms. The molecule has 1 N–H and O–H groups in total. The maximum absolute atomic E-state index is 3.93. The number of piperazine rings is 1. The van der Waals surface area contributed by atoms with Crippen LogP contribution in [0.4, 0.5) is 0 Å². The van der Waals surface area contributed by atoms with Gasteiger partial charge in [0.1, 0.15) is 0 Å². The van der Waals surface area contributed by atoms with Crippen LogP contribution in [0.25, 0.3) is 0 Å². The molecule has 0 bridgehead atoms. The molecule has 116 valence electrons. The molecule has 2 saturated carbocycles. The van der Waals surface area contributed by atoms with Crippen molar-refractivity contribution in [1.82, 2.24) is 10.2 Å². The topological polar surface area (TPSA) is 15.3 Å². The Bertz CT molecular complexity index is 314. The Hall–Kier alpha value is 0.270. The minimum absolute atomic E-state index is 0.473. The van der Waals surface area contributed by atoms with Gasteiger partial charge in [0.2, 0.25) is 0 Å². The van der Waals surface area contributed by atoms with Gasteiger partial charge < -0.3 is 5.32 Å². The molecule has 2 nitrogen and oxygen atoms in total. The molecule has 0 aromatic carbocycles. The van der Waals surface area contributed by atoms with Gasteiger partial charge >= 0.3 is 0 Å². The first-order chi connectivity index (χ1) is 9.72. The third kappa shape index (κ3) is 3.20. The van der Waals surface area contributed by atoms with Crippen LogP contribution in [0, 0.1) is 0 Å². The first kappa shape index (κ1) is 15.2. The zero-order valence-corrected chi connectivity index (χ0v) is 14.2. The van der Waals surface area contributed by atoms with E-state index in [1.54, 1.807) is 0 Å². The van der Waals surface area contributed by atoms with Crippen LogP contribution in [0.15, 0.2) is 0 Å². The van der Waals surface area contributed by atoms with Crippen LogP contribution < -0.4 is 5.32 Å². The zero-order valence-electron chi connectivity index (χ0n) is 13.4. The summed E-state index contributed by atoms with van der Waals surface area (Å²) in [5.41, 5.74) is 0.473. The Morgan fingerprint density at radius 3 is 2.75 bits per heavy atom. The summed E-state index contributed by atoms with van der Waals surface area (Å²) < 4.78 is 0. The quantitative estimate of drug-likeness (QED) is 0.855. The monoisotopic (exact) mass is 296 g/mol. The van der Waals surface area contributed by atoms with Crippen molar-refractivity contribution in [2.24, 2.45) is 0 Å². The first-order valence-corrected chi connectivity index (χ1v) is 9.90. The second kappa shape index (κ2) is 6.58. The van der Waals surface area contributed by atoms with E-state index in [-0.39, 0.29) is 0 Å². The van der Waals surface area contributed by atoms with Gasteiger partial charge in [0, 0.05) is 36.0 Å². The minimum Gasteiger partial charge on any atom is -0.308 e. The van der Waals surface area contributed by atoms with Crippen LogP contribution in [-0.4, -0.2) is 46.6 Å². The zero-order chi connectivity index (χ0) is 14.0. The second-order valence-corrected chi connectivity index (χ2v) is 8.86. The van der Waals surface area contributed by atoms with Crippen LogP contribution in [0.2, 0.25) is 0 Å². The largest absolute Gasteiger partial charge is 0.308 e. The number of hydrogen-bond acceptors (Lipinski definition) is 3. The van der Waals surface area contributed by atoms with Crippen LogP contribution in [0.5, 0.6) is 0 Å². The predicted molar refractivity (Wildman–Crippen MR) is 89.5 cm³/mol. The fraction of sp³-hybridized carbons (Fsp3) is 1.00. The molecular formula is C17H32N2S. The molecule has 3 heteroatoms. The van der Waals surface area contributed by atoms with Crippen LogP contribution in [-0.2, 0) is 0 Å². The normalized spacial score (nSPS) is 38.4. The molecule has 1 saturated heterocycles. The summed E-state index contributed by atoms with van der Waals surface area (Å²) in [4.78, 5) is 2.89. The van der Waals surface area contributed by atoms with Gasteiger partial charge in [-0.15, -0.1) is 0 Å². The molecule has 1 spiro atoms. The Morgan fingerprint density at radius 2 is 2.00 bits per heavy atom. The standard InChI is InChI=1S/C17H32N2S/c1-3-20-16-8-7-15(11-16)19-13-17(18-12-14(19)2)9-5-4-6-10-17/h14-16,18H,3-13H2,1-2H3. The number of rotatable bonds is 3. The molecule has 0 aromatic heterocycles. The highest BCUT2D eigenvalue weighted by molar-refractivity contribution is 7.99. The van der Waals surface area contributed by atoms with Gasteiger partial charge in [0.05, 0.1) is 0 Å². The van der Waals surface area contributed by atoms with E-state index in [1.807, 2.05) is 0 Å². The third-order valence-electron chi connectivity index (χ3n) is 5.86. The van der Waals surface area contributed by atoms with Crippen LogP contribution >= 0.6 is 11.8 Å². The van der Waals surface area contributed by atoms with Gasteiger partial charge in [-0.1, -0.05) is 26.2 Å². The molecule has 0 amide bonds. The Morgan fingerprint density at radius 1 is 1.20 bits per heavy atom. The van der Waals surface area contributed by atoms with Crippen molar-refractivity contribution in [3.8, 4) is 0 Å². The number of hydrogen-bond donors (Lipinski definition) is 1. The minimum atomic E-state index is 0.473. The van der Waals surface area contributed by atoms with E-state index in [9.17, 15) is 0 Å².